The Bertz CT molecular complexity index is 1310. The van der Waals surface area contributed by atoms with Gasteiger partial charge in [-0.2, -0.15) is 0 Å². The van der Waals surface area contributed by atoms with Crippen molar-refractivity contribution in [2.75, 3.05) is 12.3 Å². The molecule has 0 nitrogen and oxygen atoms in total. The normalized spacial score (nSPS) is 12.5. The minimum absolute atomic E-state index is 1.19. The van der Waals surface area contributed by atoms with E-state index in [2.05, 4.69) is 182 Å². The van der Waals surface area contributed by atoms with Crippen molar-refractivity contribution in [3.05, 3.63) is 182 Å². The fraction of sp³-hybridized carbons (Fsp3) is 0.100. The Morgan fingerprint density at radius 1 is 0.238 bits per heavy atom. The van der Waals surface area contributed by atoms with E-state index in [0.717, 1.165) is 0 Å². The molecule has 0 unspecified atom stereocenters. The van der Waals surface area contributed by atoms with Crippen LogP contribution in [0.15, 0.2) is 182 Å². The van der Waals surface area contributed by atoms with Gasteiger partial charge < -0.3 is 0 Å². The first kappa shape index (κ1) is 28.3. The van der Waals surface area contributed by atoms with Gasteiger partial charge in [0, 0.05) is 0 Å². The Hall–Kier alpha value is -3.82. The third kappa shape index (κ3) is 5.63. The molecule has 6 aromatic carbocycles. The average Bonchev–Trinajstić information content (AvgIpc) is 3.09. The topological polar surface area (TPSA) is 0 Å². The van der Waals surface area contributed by atoms with Gasteiger partial charge in [-0.05, 0) is 0 Å². The van der Waals surface area contributed by atoms with Crippen molar-refractivity contribution in [3.8, 4) is 0 Å². The van der Waals surface area contributed by atoms with E-state index in [9.17, 15) is 0 Å². The first-order valence-electron chi connectivity index (χ1n) is 15.2. The van der Waals surface area contributed by atoms with Gasteiger partial charge in [-0.1, -0.05) is 0 Å². The number of rotatable bonds is 11. The second-order valence-corrected chi connectivity index (χ2v) is 19.3. The van der Waals surface area contributed by atoms with Crippen molar-refractivity contribution in [1.29, 1.82) is 0 Å². The van der Waals surface area contributed by atoms with E-state index in [0.29, 0.717) is 0 Å². The van der Waals surface area contributed by atoms with Gasteiger partial charge in [0.2, 0.25) is 0 Å². The van der Waals surface area contributed by atoms with Gasteiger partial charge in [-0.25, -0.2) is 0 Å². The van der Waals surface area contributed by atoms with E-state index < -0.39 is 14.5 Å². The summed E-state index contributed by atoms with van der Waals surface area (Å²) in [6.45, 7) is 0. The molecule has 0 aliphatic heterocycles. The van der Waals surface area contributed by atoms with Crippen LogP contribution in [0.1, 0.15) is 12.8 Å². The van der Waals surface area contributed by atoms with Crippen LogP contribution >= 0.6 is 14.5 Å². The molecule has 2 heteroatoms. The van der Waals surface area contributed by atoms with Crippen molar-refractivity contribution in [3.63, 3.8) is 0 Å². The van der Waals surface area contributed by atoms with E-state index in [1.165, 1.54) is 57.0 Å². The minimum atomic E-state index is -2.24. The maximum absolute atomic E-state index is 2.38. The van der Waals surface area contributed by atoms with Crippen LogP contribution in [0.4, 0.5) is 0 Å². The molecule has 0 amide bonds. The molecular formula is C40H40P2. The van der Waals surface area contributed by atoms with Gasteiger partial charge in [0.15, 0.2) is 0 Å². The molecule has 0 radical (unpaired) electrons. The SMILES string of the molecule is c1ccc([PH](CCCC[PH](c2ccccc2)(c2ccccc2)c2ccccc2)(c2ccccc2)c2ccccc2)cc1. The van der Waals surface area contributed by atoms with Crippen LogP contribution in [0.25, 0.3) is 0 Å². The van der Waals surface area contributed by atoms with Crippen LogP contribution in [-0.2, 0) is 0 Å². The molecule has 0 saturated heterocycles. The fourth-order valence-corrected chi connectivity index (χ4v) is 16.8. The molecule has 6 aromatic rings. The molecule has 0 aliphatic carbocycles. The maximum atomic E-state index is 2.38. The molecule has 0 saturated carbocycles. The molecule has 0 aromatic heterocycles. The summed E-state index contributed by atoms with van der Waals surface area (Å²) >= 11 is 0. The molecule has 0 atom stereocenters. The van der Waals surface area contributed by atoms with E-state index in [1.807, 2.05) is 0 Å². The Balaban J connectivity index is 1.41. The molecule has 210 valence electrons. The van der Waals surface area contributed by atoms with Crippen LogP contribution in [0.3, 0.4) is 0 Å². The quantitative estimate of drug-likeness (QED) is 0.112. The van der Waals surface area contributed by atoms with Gasteiger partial charge in [0.1, 0.15) is 0 Å². The second kappa shape index (κ2) is 13.4. The van der Waals surface area contributed by atoms with Crippen LogP contribution in [0.2, 0.25) is 0 Å². The number of benzene rings is 6. The zero-order valence-electron chi connectivity index (χ0n) is 24.1. The molecule has 0 heterocycles. The average molecular weight is 583 g/mol. The summed E-state index contributed by atoms with van der Waals surface area (Å²) in [5.41, 5.74) is 0. The monoisotopic (exact) mass is 582 g/mol. The van der Waals surface area contributed by atoms with Crippen molar-refractivity contribution >= 4 is 46.4 Å². The standard InChI is InChI=1S/C40H40P2/c1-7-21-35(22-8-1)41(36-23-9-2-10-24-36,37-25-11-3-12-26-37)33-19-20-34-42(38-27-13-4-14-28-38,39-29-15-5-16-30-39)40-31-17-6-18-32-40/h1-18,21-32,41-42H,19-20,33-34H2. The summed E-state index contributed by atoms with van der Waals surface area (Å²) in [6.07, 6.45) is 4.75. The van der Waals surface area contributed by atoms with E-state index in [1.54, 1.807) is 0 Å². The predicted octanol–water partition coefficient (Wildman–Crippen LogP) is 7.22. The molecule has 42 heavy (non-hydrogen) atoms. The molecule has 0 N–H and O–H groups in total. The molecule has 6 rings (SSSR count). The molecular weight excluding hydrogens is 542 g/mol. The summed E-state index contributed by atoms with van der Waals surface area (Å²) in [5, 5.41) is 9.00. The van der Waals surface area contributed by atoms with E-state index in [4.69, 9.17) is 0 Å². The first-order chi connectivity index (χ1) is 20.8. The fourth-order valence-electron chi connectivity index (χ4n) is 6.98. The van der Waals surface area contributed by atoms with Crippen LogP contribution < -0.4 is 31.8 Å². The van der Waals surface area contributed by atoms with Crippen molar-refractivity contribution < 1.29 is 0 Å². The summed E-state index contributed by atoms with van der Waals surface area (Å²) in [5.74, 6) is 0. The zero-order chi connectivity index (χ0) is 28.5. The van der Waals surface area contributed by atoms with Crippen molar-refractivity contribution in [1.82, 2.24) is 0 Å². The summed E-state index contributed by atoms with van der Waals surface area (Å²) in [6, 6.07) is 68.1. The summed E-state index contributed by atoms with van der Waals surface area (Å²) in [4.78, 5) is 0. The van der Waals surface area contributed by atoms with Crippen molar-refractivity contribution in [2.24, 2.45) is 0 Å². The van der Waals surface area contributed by atoms with Gasteiger partial charge in [0.25, 0.3) is 0 Å². The zero-order valence-corrected chi connectivity index (χ0v) is 26.1. The van der Waals surface area contributed by atoms with Gasteiger partial charge in [-0.15, -0.1) is 0 Å². The third-order valence-electron chi connectivity index (χ3n) is 8.95. The summed E-state index contributed by atoms with van der Waals surface area (Å²) in [7, 11) is -4.49. The Morgan fingerprint density at radius 2 is 0.405 bits per heavy atom. The van der Waals surface area contributed by atoms with Crippen LogP contribution in [0, 0.1) is 0 Å². The van der Waals surface area contributed by atoms with Gasteiger partial charge >= 0.3 is 254 Å². The van der Waals surface area contributed by atoms with E-state index in [-0.39, 0.29) is 0 Å². The Kier molecular flexibility index (Phi) is 9.06. The number of unbranched alkanes of at least 4 members (excludes halogenated alkanes) is 1. The molecule has 0 spiro atoms. The third-order valence-corrected chi connectivity index (χ3v) is 19.1. The molecule has 0 fully saturated rings. The van der Waals surface area contributed by atoms with Crippen LogP contribution in [0.5, 0.6) is 0 Å². The van der Waals surface area contributed by atoms with E-state index >= 15 is 0 Å². The molecule has 0 aliphatic rings. The predicted molar refractivity (Wildman–Crippen MR) is 192 cm³/mol. The van der Waals surface area contributed by atoms with Gasteiger partial charge in [-0.3, -0.25) is 0 Å². The van der Waals surface area contributed by atoms with Gasteiger partial charge in [0.05, 0.1) is 0 Å². The first-order valence-corrected chi connectivity index (χ1v) is 19.6. The number of hydrogen-bond acceptors (Lipinski definition) is 0. The molecule has 0 bridgehead atoms. The van der Waals surface area contributed by atoms with Crippen LogP contribution in [-0.4, -0.2) is 12.3 Å². The summed E-state index contributed by atoms with van der Waals surface area (Å²) < 4.78 is 0. The Morgan fingerprint density at radius 3 is 0.571 bits per heavy atom. The number of hydrogen-bond donors (Lipinski definition) is 0. The van der Waals surface area contributed by atoms with Crippen molar-refractivity contribution in [2.45, 2.75) is 12.8 Å². The second-order valence-electron chi connectivity index (χ2n) is 11.2. The Labute approximate surface area is 252 Å².